The number of anilines is 1. The van der Waals surface area contributed by atoms with Gasteiger partial charge in [0.15, 0.2) is 11.5 Å². The summed E-state index contributed by atoms with van der Waals surface area (Å²) >= 11 is 0. The lowest BCUT2D eigenvalue weighted by Crippen LogP contribution is -2.39. The fourth-order valence-electron chi connectivity index (χ4n) is 2.42. The van der Waals surface area contributed by atoms with Crippen LogP contribution in [0.25, 0.3) is 0 Å². The van der Waals surface area contributed by atoms with Crippen molar-refractivity contribution >= 4 is 11.7 Å². The second kappa shape index (κ2) is 7.90. The molecule has 0 radical (unpaired) electrons. The maximum Gasteiger partial charge on any atom is 0.271 e. The molecule has 21 heavy (non-hydrogen) atoms. The number of methoxy groups -OCH3 is 1. The lowest BCUT2D eigenvalue weighted by molar-refractivity contribution is 0.0957. The average molecular weight is 293 g/mol. The van der Waals surface area contributed by atoms with Gasteiger partial charge in [0.25, 0.3) is 5.91 Å². The monoisotopic (exact) mass is 293 g/mol. The van der Waals surface area contributed by atoms with Crippen LogP contribution in [-0.4, -0.2) is 62.5 Å². The van der Waals surface area contributed by atoms with Crippen molar-refractivity contribution in [3.63, 3.8) is 0 Å². The molecule has 1 atom stereocenters. The largest absolute Gasteiger partial charge is 0.383 e. The molecule has 0 aliphatic carbocycles. The van der Waals surface area contributed by atoms with Crippen LogP contribution in [0.4, 0.5) is 5.82 Å². The van der Waals surface area contributed by atoms with E-state index in [0.29, 0.717) is 18.3 Å². The molecule has 1 saturated heterocycles. The molecule has 0 bridgehead atoms. The van der Waals surface area contributed by atoms with Crippen molar-refractivity contribution < 1.29 is 9.53 Å². The van der Waals surface area contributed by atoms with Crippen molar-refractivity contribution in [1.82, 2.24) is 20.8 Å². The van der Waals surface area contributed by atoms with Gasteiger partial charge >= 0.3 is 0 Å². The molecule has 0 saturated carbocycles. The molecule has 1 aromatic rings. The van der Waals surface area contributed by atoms with E-state index < -0.39 is 0 Å². The summed E-state index contributed by atoms with van der Waals surface area (Å²) in [5.74, 6) is 0.545. The highest BCUT2D eigenvalue weighted by Crippen LogP contribution is 2.13. The second-order valence-corrected chi connectivity index (χ2v) is 5.09. The third kappa shape index (κ3) is 4.37. The van der Waals surface area contributed by atoms with Crippen LogP contribution in [-0.2, 0) is 4.74 Å². The summed E-state index contributed by atoms with van der Waals surface area (Å²) in [6.45, 7) is 3.33. The van der Waals surface area contributed by atoms with Gasteiger partial charge in [-0.15, -0.1) is 10.2 Å². The highest BCUT2D eigenvalue weighted by Gasteiger charge is 2.19. The lowest BCUT2D eigenvalue weighted by Gasteiger charge is -2.26. The SMILES string of the molecule is CNC(=O)c1ccc(N(CCOC)CC2CCCN2)nn1. The zero-order valence-electron chi connectivity index (χ0n) is 12.6. The van der Waals surface area contributed by atoms with Gasteiger partial charge in [0.05, 0.1) is 6.61 Å². The first kappa shape index (κ1) is 15.7. The summed E-state index contributed by atoms with van der Waals surface area (Å²) in [7, 11) is 3.26. The number of carbonyl (C=O) groups excluding carboxylic acids is 1. The van der Waals surface area contributed by atoms with Crippen LogP contribution in [0, 0.1) is 0 Å². The Bertz CT molecular complexity index is 445. The van der Waals surface area contributed by atoms with Gasteiger partial charge in [-0.05, 0) is 31.5 Å². The minimum absolute atomic E-state index is 0.227. The molecule has 7 heteroatoms. The van der Waals surface area contributed by atoms with Gasteiger partial charge in [-0.2, -0.15) is 0 Å². The van der Waals surface area contributed by atoms with Gasteiger partial charge in [-0.1, -0.05) is 0 Å². The Kier molecular flexibility index (Phi) is 5.89. The molecule has 1 aliphatic rings. The summed E-state index contributed by atoms with van der Waals surface area (Å²) in [6, 6.07) is 4.01. The number of ether oxygens (including phenoxy) is 1. The van der Waals surface area contributed by atoms with E-state index in [1.165, 1.54) is 12.8 Å². The zero-order chi connectivity index (χ0) is 15.1. The molecule has 116 valence electrons. The van der Waals surface area contributed by atoms with Crippen LogP contribution in [0.1, 0.15) is 23.3 Å². The predicted octanol–water partition coefficient (Wildman–Crippen LogP) is 0.0410. The Hall–Kier alpha value is -1.73. The maximum absolute atomic E-state index is 11.5. The number of amides is 1. The fraction of sp³-hybridized carbons (Fsp3) is 0.643. The number of nitrogens with one attached hydrogen (secondary N) is 2. The van der Waals surface area contributed by atoms with Crippen molar-refractivity contribution in [3.05, 3.63) is 17.8 Å². The molecule has 0 spiro atoms. The highest BCUT2D eigenvalue weighted by molar-refractivity contribution is 5.91. The Morgan fingerprint density at radius 1 is 1.52 bits per heavy atom. The summed E-state index contributed by atoms with van der Waals surface area (Å²) < 4.78 is 5.16. The van der Waals surface area contributed by atoms with E-state index in [9.17, 15) is 4.79 Å². The number of carbonyl (C=O) groups is 1. The molecule has 1 aromatic heterocycles. The predicted molar refractivity (Wildman–Crippen MR) is 80.5 cm³/mol. The van der Waals surface area contributed by atoms with Crippen molar-refractivity contribution in [2.75, 3.05) is 45.3 Å². The van der Waals surface area contributed by atoms with Gasteiger partial charge in [0, 0.05) is 33.3 Å². The Labute approximate surface area is 125 Å². The van der Waals surface area contributed by atoms with Crippen LogP contribution in [0.15, 0.2) is 12.1 Å². The van der Waals surface area contributed by atoms with Crippen LogP contribution in [0.5, 0.6) is 0 Å². The van der Waals surface area contributed by atoms with Crippen LogP contribution < -0.4 is 15.5 Å². The van der Waals surface area contributed by atoms with E-state index in [1.54, 1.807) is 20.2 Å². The fourth-order valence-corrected chi connectivity index (χ4v) is 2.42. The topological polar surface area (TPSA) is 79.4 Å². The number of aromatic nitrogens is 2. The van der Waals surface area contributed by atoms with Gasteiger partial charge in [0.2, 0.25) is 0 Å². The summed E-state index contributed by atoms with van der Waals surface area (Å²) in [4.78, 5) is 13.6. The molecule has 1 fully saturated rings. The molecular formula is C14H23N5O2. The van der Waals surface area contributed by atoms with Gasteiger partial charge in [0.1, 0.15) is 0 Å². The molecule has 1 amide bonds. The standard InChI is InChI=1S/C14H23N5O2/c1-15-14(20)12-5-6-13(18-17-12)19(8-9-21-2)10-11-4-3-7-16-11/h5-6,11,16H,3-4,7-10H2,1-2H3,(H,15,20). The third-order valence-corrected chi connectivity index (χ3v) is 3.60. The first-order valence-corrected chi connectivity index (χ1v) is 7.27. The number of nitrogens with zero attached hydrogens (tertiary/aromatic N) is 3. The molecule has 0 aromatic carbocycles. The Morgan fingerprint density at radius 3 is 2.95 bits per heavy atom. The summed E-state index contributed by atoms with van der Waals surface area (Å²) in [5.41, 5.74) is 0.326. The third-order valence-electron chi connectivity index (χ3n) is 3.60. The first-order valence-electron chi connectivity index (χ1n) is 7.27. The normalized spacial score (nSPS) is 17.7. The molecule has 1 aliphatic heterocycles. The van der Waals surface area contributed by atoms with Crippen molar-refractivity contribution in [2.24, 2.45) is 0 Å². The summed E-state index contributed by atoms with van der Waals surface area (Å²) in [6.07, 6.45) is 2.39. The van der Waals surface area contributed by atoms with E-state index in [4.69, 9.17) is 4.74 Å². The van der Waals surface area contributed by atoms with Crippen LogP contribution >= 0.6 is 0 Å². The Balaban J connectivity index is 2.05. The van der Waals surface area contributed by atoms with Crippen molar-refractivity contribution in [2.45, 2.75) is 18.9 Å². The number of hydrogen-bond donors (Lipinski definition) is 2. The Morgan fingerprint density at radius 2 is 2.38 bits per heavy atom. The van der Waals surface area contributed by atoms with Crippen LogP contribution in [0.3, 0.4) is 0 Å². The van der Waals surface area contributed by atoms with E-state index in [0.717, 1.165) is 25.5 Å². The average Bonchev–Trinajstić information content (AvgIpc) is 3.04. The van der Waals surface area contributed by atoms with Crippen LogP contribution in [0.2, 0.25) is 0 Å². The van der Waals surface area contributed by atoms with Gasteiger partial charge in [-0.25, -0.2) is 0 Å². The summed E-state index contributed by atoms with van der Waals surface area (Å²) in [5, 5.41) is 14.2. The van der Waals surface area contributed by atoms with Crippen molar-refractivity contribution in [1.29, 1.82) is 0 Å². The molecule has 2 N–H and O–H groups in total. The second-order valence-electron chi connectivity index (χ2n) is 5.09. The van der Waals surface area contributed by atoms with Gasteiger partial charge < -0.3 is 20.3 Å². The van der Waals surface area contributed by atoms with E-state index in [2.05, 4.69) is 25.7 Å². The maximum atomic E-state index is 11.5. The highest BCUT2D eigenvalue weighted by atomic mass is 16.5. The molecule has 7 nitrogen and oxygen atoms in total. The molecule has 2 rings (SSSR count). The van der Waals surface area contributed by atoms with Crippen molar-refractivity contribution in [3.8, 4) is 0 Å². The number of hydrogen-bond acceptors (Lipinski definition) is 6. The molecule has 2 heterocycles. The quantitative estimate of drug-likeness (QED) is 0.739. The van der Waals surface area contributed by atoms with E-state index >= 15 is 0 Å². The molecular weight excluding hydrogens is 270 g/mol. The van der Waals surface area contributed by atoms with E-state index in [-0.39, 0.29) is 5.91 Å². The molecule has 1 unspecified atom stereocenters. The first-order chi connectivity index (χ1) is 10.2. The zero-order valence-corrected chi connectivity index (χ0v) is 12.6. The van der Waals surface area contributed by atoms with E-state index in [1.807, 2.05) is 6.07 Å². The lowest BCUT2D eigenvalue weighted by atomic mass is 10.2. The minimum atomic E-state index is -0.227. The number of rotatable bonds is 7. The smallest absolute Gasteiger partial charge is 0.271 e. The van der Waals surface area contributed by atoms with Gasteiger partial charge in [-0.3, -0.25) is 4.79 Å². The minimum Gasteiger partial charge on any atom is -0.383 e.